The van der Waals surface area contributed by atoms with Crippen LogP contribution in [0, 0.1) is 0 Å². The van der Waals surface area contributed by atoms with Gasteiger partial charge in [0.25, 0.3) is 5.91 Å². The van der Waals surface area contributed by atoms with E-state index >= 15 is 0 Å². The summed E-state index contributed by atoms with van der Waals surface area (Å²) in [4.78, 5) is 33.2. The molecule has 0 saturated carbocycles. The van der Waals surface area contributed by atoms with Crippen molar-refractivity contribution < 1.29 is 14.3 Å². The molecule has 3 aliphatic rings. The second-order valence-corrected chi connectivity index (χ2v) is 10.3. The third-order valence-corrected chi connectivity index (χ3v) is 7.93. The number of carbonyl (C=O) groups is 2. The Bertz CT molecular complexity index is 1050. The van der Waals surface area contributed by atoms with Gasteiger partial charge in [0.15, 0.2) is 5.69 Å². The lowest BCUT2D eigenvalue weighted by Crippen LogP contribution is -2.48. The van der Waals surface area contributed by atoms with E-state index in [1.54, 1.807) is 0 Å². The van der Waals surface area contributed by atoms with Gasteiger partial charge in [-0.25, -0.2) is 0 Å². The number of hydrogen-bond acceptors (Lipinski definition) is 5. The molecule has 1 unspecified atom stereocenters. The molecule has 2 saturated heterocycles. The summed E-state index contributed by atoms with van der Waals surface area (Å²) >= 11 is 0. The third kappa shape index (κ3) is 5.49. The van der Waals surface area contributed by atoms with Gasteiger partial charge in [-0.3, -0.25) is 19.2 Å². The monoisotopic (exact) mass is 493 g/mol. The number of morpholine rings is 1. The Hall–Kier alpha value is -2.71. The van der Waals surface area contributed by atoms with Gasteiger partial charge in [-0.05, 0) is 44.8 Å². The Balaban J connectivity index is 1.36. The summed E-state index contributed by atoms with van der Waals surface area (Å²) in [5.74, 6) is 0.170. The van der Waals surface area contributed by atoms with Crippen LogP contribution in [0.5, 0.6) is 0 Å². The van der Waals surface area contributed by atoms with Gasteiger partial charge < -0.3 is 14.5 Å². The lowest BCUT2D eigenvalue weighted by molar-refractivity contribution is -0.137. The van der Waals surface area contributed by atoms with Gasteiger partial charge in [-0.1, -0.05) is 43.2 Å². The van der Waals surface area contributed by atoms with Crippen molar-refractivity contribution in [2.75, 3.05) is 46.4 Å². The molecule has 5 rings (SSSR count). The summed E-state index contributed by atoms with van der Waals surface area (Å²) in [5.41, 5.74) is 3.91. The zero-order chi connectivity index (χ0) is 24.9. The van der Waals surface area contributed by atoms with Gasteiger partial charge in [0, 0.05) is 50.4 Å². The molecule has 8 heteroatoms. The zero-order valence-electron chi connectivity index (χ0n) is 21.5. The number of likely N-dealkylation sites (N-methyl/N-ethyl adjacent to an activating group) is 1. The Morgan fingerprint density at radius 1 is 1.00 bits per heavy atom. The summed E-state index contributed by atoms with van der Waals surface area (Å²) in [6, 6.07) is 10.4. The van der Waals surface area contributed by atoms with Crippen molar-refractivity contribution in [1.82, 2.24) is 24.5 Å². The quantitative estimate of drug-likeness (QED) is 0.619. The first-order valence-corrected chi connectivity index (χ1v) is 13.6. The Morgan fingerprint density at radius 3 is 2.61 bits per heavy atom. The van der Waals surface area contributed by atoms with Gasteiger partial charge in [0.1, 0.15) is 0 Å². The first kappa shape index (κ1) is 25.0. The molecule has 194 valence electrons. The smallest absolute Gasteiger partial charge is 0.274 e. The Morgan fingerprint density at radius 2 is 1.81 bits per heavy atom. The molecule has 36 heavy (non-hydrogen) atoms. The molecule has 0 radical (unpaired) electrons. The molecule has 4 heterocycles. The molecule has 0 N–H and O–H groups in total. The van der Waals surface area contributed by atoms with Crippen molar-refractivity contribution >= 4 is 11.8 Å². The summed E-state index contributed by atoms with van der Waals surface area (Å²) in [6.45, 7) is 5.19. The lowest BCUT2D eigenvalue weighted by atomic mass is 10.0. The number of likely N-dealkylation sites (tertiary alicyclic amines) is 1. The maximum atomic E-state index is 13.6. The maximum absolute atomic E-state index is 13.6. The number of aryl methyl sites for hydroxylation is 2. The molecular weight excluding hydrogens is 454 g/mol. The minimum absolute atomic E-state index is 0.0303. The van der Waals surface area contributed by atoms with E-state index in [2.05, 4.69) is 36.2 Å². The number of nitrogens with zero attached hydrogens (tertiary/aromatic N) is 5. The summed E-state index contributed by atoms with van der Waals surface area (Å²) in [7, 11) is 2.07. The second kappa shape index (κ2) is 11.6. The van der Waals surface area contributed by atoms with Gasteiger partial charge in [-0.15, -0.1) is 0 Å². The fraction of sp³-hybridized carbons (Fsp3) is 0.607. The van der Waals surface area contributed by atoms with Gasteiger partial charge in [0.05, 0.1) is 19.3 Å². The van der Waals surface area contributed by atoms with Crippen molar-refractivity contribution in [3.8, 4) is 0 Å². The Labute approximate surface area is 214 Å². The topological polar surface area (TPSA) is 70.9 Å². The van der Waals surface area contributed by atoms with E-state index in [-0.39, 0.29) is 17.9 Å². The molecule has 0 aliphatic carbocycles. The summed E-state index contributed by atoms with van der Waals surface area (Å²) in [5, 5.41) is 4.87. The average molecular weight is 494 g/mol. The number of amides is 2. The van der Waals surface area contributed by atoms with Crippen LogP contribution in [-0.4, -0.2) is 88.8 Å². The van der Waals surface area contributed by atoms with Gasteiger partial charge in [0.2, 0.25) is 5.91 Å². The molecule has 1 aromatic carbocycles. The minimum Gasteiger partial charge on any atom is -0.378 e. The van der Waals surface area contributed by atoms with Crippen LogP contribution < -0.4 is 0 Å². The molecule has 3 aliphatic heterocycles. The predicted octanol–water partition coefficient (Wildman–Crippen LogP) is 2.75. The van der Waals surface area contributed by atoms with E-state index in [4.69, 9.17) is 9.84 Å². The van der Waals surface area contributed by atoms with Crippen LogP contribution in [0.25, 0.3) is 0 Å². The van der Waals surface area contributed by atoms with Crippen LogP contribution in [0.3, 0.4) is 0 Å². The van der Waals surface area contributed by atoms with E-state index < -0.39 is 0 Å². The molecule has 1 atom stereocenters. The molecule has 1 aromatic heterocycles. The lowest BCUT2D eigenvalue weighted by Gasteiger charge is -2.34. The van der Waals surface area contributed by atoms with Crippen molar-refractivity contribution in [3.05, 3.63) is 52.8 Å². The third-order valence-electron chi connectivity index (χ3n) is 7.93. The van der Waals surface area contributed by atoms with Crippen molar-refractivity contribution in [1.29, 1.82) is 0 Å². The van der Waals surface area contributed by atoms with Crippen molar-refractivity contribution in [2.45, 2.75) is 64.1 Å². The predicted molar refractivity (Wildman–Crippen MR) is 138 cm³/mol. The number of rotatable bonds is 6. The average Bonchev–Trinajstić information content (AvgIpc) is 3.14. The molecule has 0 spiro atoms. The van der Waals surface area contributed by atoms with E-state index in [1.165, 1.54) is 12.0 Å². The van der Waals surface area contributed by atoms with Crippen LogP contribution in [0.2, 0.25) is 0 Å². The summed E-state index contributed by atoms with van der Waals surface area (Å²) in [6.07, 6.45) is 7.02. The molecule has 2 aromatic rings. The molecule has 8 nitrogen and oxygen atoms in total. The van der Waals surface area contributed by atoms with E-state index in [9.17, 15) is 9.59 Å². The maximum Gasteiger partial charge on any atom is 0.274 e. The van der Waals surface area contributed by atoms with E-state index in [0.717, 1.165) is 62.9 Å². The first-order valence-electron chi connectivity index (χ1n) is 13.6. The van der Waals surface area contributed by atoms with Crippen LogP contribution in [-0.2, 0) is 35.5 Å². The van der Waals surface area contributed by atoms with Crippen molar-refractivity contribution in [3.63, 3.8) is 0 Å². The standard InChI is InChI=1S/C28H39N5O3/c1-30-14-7-3-6-12-25(30)27(34)32-16-13-24-23(21-32)26(28(35)31-17-19-36-20-18-31)29-33(24)15-8-11-22-9-4-2-5-10-22/h2,4-5,9-10,25H,3,6-8,11-21H2,1H3. The van der Waals surface area contributed by atoms with Crippen LogP contribution in [0.4, 0.5) is 0 Å². The van der Waals surface area contributed by atoms with Crippen LogP contribution in [0.15, 0.2) is 30.3 Å². The molecule has 2 amide bonds. The minimum atomic E-state index is -0.0617. The highest BCUT2D eigenvalue weighted by molar-refractivity contribution is 5.94. The second-order valence-electron chi connectivity index (χ2n) is 10.3. The fourth-order valence-corrected chi connectivity index (χ4v) is 5.80. The first-order chi connectivity index (χ1) is 17.6. The normalized spacial score (nSPS) is 21.2. The van der Waals surface area contributed by atoms with Crippen molar-refractivity contribution in [2.24, 2.45) is 0 Å². The fourth-order valence-electron chi connectivity index (χ4n) is 5.80. The number of benzene rings is 1. The largest absolute Gasteiger partial charge is 0.378 e. The zero-order valence-corrected chi connectivity index (χ0v) is 21.5. The van der Waals surface area contributed by atoms with E-state index in [1.807, 2.05) is 20.5 Å². The Kier molecular flexibility index (Phi) is 8.02. The number of ether oxygens (including phenoxy) is 1. The number of carbonyl (C=O) groups excluding carboxylic acids is 2. The number of fused-ring (bicyclic) bond motifs is 1. The van der Waals surface area contributed by atoms with Crippen LogP contribution in [0.1, 0.15) is 59.4 Å². The number of aromatic nitrogens is 2. The van der Waals surface area contributed by atoms with Gasteiger partial charge in [-0.2, -0.15) is 5.10 Å². The summed E-state index contributed by atoms with van der Waals surface area (Å²) < 4.78 is 7.50. The van der Waals surface area contributed by atoms with Gasteiger partial charge >= 0.3 is 0 Å². The highest BCUT2D eigenvalue weighted by Gasteiger charge is 2.35. The molecule has 2 fully saturated rings. The van der Waals surface area contributed by atoms with E-state index in [0.29, 0.717) is 45.1 Å². The highest BCUT2D eigenvalue weighted by Crippen LogP contribution is 2.27. The highest BCUT2D eigenvalue weighted by atomic mass is 16.5. The molecule has 0 bridgehead atoms. The SMILES string of the molecule is CN1CCCCCC1C(=O)N1CCc2c(c(C(=O)N3CCOCC3)nn2CCCc2ccccc2)C1. The molecular formula is C28H39N5O3. The number of hydrogen-bond donors (Lipinski definition) is 0. The van der Waals surface area contributed by atoms with Crippen LogP contribution >= 0.6 is 0 Å².